The van der Waals surface area contributed by atoms with Crippen LogP contribution in [0.5, 0.6) is 5.75 Å². The van der Waals surface area contributed by atoms with Crippen molar-refractivity contribution in [2.24, 2.45) is 0 Å². The lowest BCUT2D eigenvalue weighted by atomic mass is 10.0. The van der Waals surface area contributed by atoms with Crippen LogP contribution < -0.4 is 0 Å². The number of rotatable bonds is 2. The lowest BCUT2D eigenvalue weighted by molar-refractivity contribution is 0.270. The summed E-state index contributed by atoms with van der Waals surface area (Å²) >= 11 is 5.73. The number of phenolic OH excluding ortho intramolecular Hbond substituents is 1. The Hall–Kier alpha value is -0.730. The van der Waals surface area contributed by atoms with E-state index in [1.807, 2.05) is 6.92 Å². The Morgan fingerprint density at radius 3 is 2.75 bits per heavy atom. The van der Waals surface area contributed by atoms with Crippen molar-refractivity contribution in [2.45, 2.75) is 12.8 Å². The molecule has 1 aromatic carbocycles. The van der Waals surface area contributed by atoms with Crippen LogP contribution in [0.25, 0.3) is 0 Å². The molecule has 0 saturated carbocycles. The predicted octanol–water partition coefficient (Wildman–Crippen LogP) is 2.14. The first-order valence-corrected chi connectivity index (χ1v) is 4.12. The lowest BCUT2D eigenvalue weighted by Crippen LogP contribution is -1.98. The van der Waals surface area contributed by atoms with Crippen LogP contribution in [0.15, 0.2) is 18.2 Å². The van der Waals surface area contributed by atoms with E-state index < -0.39 is 0 Å². The smallest absolute Gasteiger partial charge is 0.119 e. The van der Waals surface area contributed by atoms with Gasteiger partial charge in [0.15, 0.2) is 0 Å². The van der Waals surface area contributed by atoms with Gasteiger partial charge in [-0.2, -0.15) is 0 Å². The van der Waals surface area contributed by atoms with E-state index in [2.05, 4.69) is 0 Å². The monoisotopic (exact) mass is 186 g/mol. The number of aromatic hydroxyl groups is 1. The summed E-state index contributed by atoms with van der Waals surface area (Å²) in [7, 11) is 0. The number of hydrogen-bond acceptors (Lipinski definition) is 2. The van der Waals surface area contributed by atoms with E-state index in [1.165, 1.54) is 6.07 Å². The molecule has 0 aliphatic rings. The minimum Gasteiger partial charge on any atom is -0.508 e. The first kappa shape index (κ1) is 9.36. The van der Waals surface area contributed by atoms with Crippen molar-refractivity contribution in [3.05, 3.63) is 28.8 Å². The van der Waals surface area contributed by atoms with Gasteiger partial charge < -0.3 is 10.2 Å². The number of phenols is 1. The molecule has 1 atom stereocenters. The fourth-order valence-corrected chi connectivity index (χ4v) is 1.20. The van der Waals surface area contributed by atoms with Crippen LogP contribution in [0.4, 0.5) is 0 Å². The molecule has 0 heterocycles. The molecule has 0 spiro atoms. The van der Waals surface area contributed by atoms with Gasteiger partial charge >= 0.3 is 0 Å². The Morgan fingerprint density at radius 2 is 2.17 bits per heavy atom. The SMILES string of the molecule is CC(CO)c1cc(Cl)ccc1O. The fourth-order valence-electron chi connectivity index (χ4n) is 1.02. The Balaban J connectivity index is 3.04. The molecule has 0 saturated heterocycles. The highest BCUT2D eigenvalue weighted by Crippen LogP contribution is 2.27. The standard InChI is InChI=1S/C9H11ClO2/c1-6(5-11)8-4-7(10)2-3-9(8)12/h2-4,6,11-12H,5H2,1H3. The maximum absolute atomic E-state index is 9.37. The van der Waals surface area contributed by atoms with Crippen molar-refractivity contribution in [3.8, 4) is 5.75 Å². The van der Waals surface area contributed by atoms with E-state index >= 15 is 0 Å². The van der Waals surface area contributed by atoms with Crippen molar-refractivity contribution >= 4 is 11.6 Å². The summed E-state index contributed by atoms with van der Waals surface area (Å²) in [6.45, 7) is 1.83. The maximum atomic E-state index is 9.37. The zero-order valence-electron chi connectivity index (χ0n) is 6.79. The molecule has 0 aromatic heterocycles. The molecular weight excluding hydrogens is 176 g/mol. The lowest BCUT2D eigenvalue weighted by Gasteiger charge is -2.10. The number of halogens is 1. The fraction of sp³-hybridized carbons (Fsp3) is 0.333. The molecule has 0 aliphatic heterocycles. The topological polar surface area (TPSA) is 40.5 Å². The van der Waals surface area contributed by atoms with Gasteiger partial charge in [-0.1, -0.05) is 18.5 Å². The quantitative estimate of drug-likeness (QED) is 0.743. The van der Waals surface area contributed by atoms with E-state index in [0.29, 0.717) is 10.6 Å². The van der Waals surface area contributed by atoms with Gasteiger partial charge in [-0.3, -0.25) is 0 Å². The van der Waals surface area contributed by atoms with Gasteiger partial charge in [0, 0.05) is 23.1 Å². The minimum atomic E-state index is -0.0799. The summed E-state index contributed by atoms with van der Waals surface area (Å²) in [5.41, 5.74) is 0.685. The highest BCUT2D eigenvalue weighted by Gasteiger charge is 2.09. The Kier molecular flexibility index (Phi) is 2.95. The average Bonchev–Trinajstić information content (AvgIpc) is 2.08. The zero-order valence-corrected chi connectivity index (χ0v) is 7.54. The molecule has 66 valence electrons. The van der Waals surface area contributed by atoms with Crippen LogP contribution in [0, 0.1) is 0 Å². The van der Waals surface area contributed by atoms with Gasteiger partial charge in [-0.15, -0.1) is 0 Å². The second-order valence-electron chi connectivity index (χ2n) is 2.79. The third kappa shape index (κ3) is 1.90. The van der Waals surface area contributed by atoms with Gasteiger partial charge in [0.2, 0.25) is 0 Å². The average molecular weight is 187 g/mol. The van der Waals surface area contributed by atoms with E-state index in [9.17, 15) is 5.11 Å². The molecule has 1 unspecified atom stereocenters. The number of hydrogen-bond donors (Lipinski definition) is 2. The third-order valence-corrected chi connectivity index (χ3v) is 2.03. The van der Waals surface area contributed by atoms with Crippen molar-refractivity contribution in [2.75, 3.05) is 6.61 Å². The Bertz CT molecular complexity index is 273. The molecule has 2 nitrogen and oxygen atoms in total. The zero-order chi connectivity index (χ0) is 9.14. The van der Waals surface area contributed by atoms with Gasteiger partial charge in [0.1, 0.15) is 5.75 Å². The number of aliphatic hydroxyl groups excluding tert-OH is 1. The highest BCUT2D eigenvalue weighted by molar-refractivity contribution is 6.30. The second-order valence-corrected chi connectivity index (χ2v) is 3.22. The third-order valence-electron chi connectivity index (χ3n) is 1.79. The summed E-state index contributed by atoms with van der Waals surface area (Å²) in [5.74, 6) is 0.102. The first-order chi connectivity index (χ1) is 5.65. The number of aliphatic hydroxyl groups is 1. The summed E-state index contributed by atoms with van der Waals surface area (Å²) in [5, 5.41) is 18.8. The van der Waals surface area contributed by atoms with Crippen LogP contribution in [-0.4, -0.2) is 16.8 Å². The van der Waals surface area contributed by atoms with Crippen LogP contribution in [0.1, 0.15) is 18.4 Å². The Morgan fingerprint density at radius 1 is 1.50 bits per heavy atom. The molecule has 0 radical (unpaired) electrons. The van der Waals surface area contributed by atoms with Crippen LogP contribution in [0.3, 0.4) is 0 Å². The van der Waals surface area contributed by atoms with Gasteiger partial charge in [-0.05, 0) is 18.2 Å². The molecule has 12 heavy (non-hydrogen) atoms. The highest BCUT2D eigenvalue weighted by atomic mass is 35.5. The van der Waals surface area contributed by atoms with Crippen molar-refractivity contribution in [3.63, 3.8) is 0 Å². The van der Waals surface area contributed by atoms with E-state index in [0.717, 1.165) is 0 Å². The van der Waals surface area contributed by atoms with E-state index in [1.54, 1.807) is 12.1 Å². The summed E-state index contributed by atoms with van der Waals surface area (Å²) in [4.78, 5) is 0. The molecule has 0 fully saturated rings. The molecule has 3 heteroatoms. The Labute approximate surface area is 76.4 Å². The normalized spacial score (nSPS) is 12.9. The number of benzene rings is 1. The minimum absolute atomic E-state index is 0.00784. The van der Waals surface area contributed by atoms with Crippen molar-refractivity contribution < 1.29 is 10.2 Å². The molecule has 2 N–H and O–H groups in total. The van der Waals surface area contributed by atoms with E-state index in [-0.39, 0.29) is 18.3 Å². The van der Waals surface area contributed by atoms with Gasteiger partial charge in [-0.25, -0.2) is 0 Å². The molecule has 0 bridgehead atoms. The predicted molar refractivity (Wildman–Crippen MR) is 48.6 cm³/mol. The van der Waals surface area contributed by atoms with Gasteiger partial charge in [0.05, 0.1) is 0 Å². The van der Waals surface area contributed by atoms with Crippen molar-refractivity contribution in [1.82, 2.24) is 0 Å². The summed E-state index contributed by atoms with van der Waals surface area (Å²) in [6, 6.07) is 4.81. The molecular formula is C9H11ClO2. The summed E-state index contributed by atoms with van der Waals surface area (Å²) < 4.78 is 0. The van der Waals surface area contributed by atoms with Crippen LogP contribution >= 0.6 is 11.6 Å². The van der Waals surface area contributed by atoms with Gasteiger partial charge in [0.25, 0.3) is 0 Å². The summed E-state index contributed by atoms with van der Waals surface area (Å²) in [6.07, 6.45) is 0. The molecule has 0 aliphatic carbocycles. The molecule has 0 amide bonds. The van der Waals surface area contributed by atoms with Crippen LogP contribution in [-0.2, 0) is 0 Å². The second kappa shape index (κ2) is 3.78. The van der Waals surface area contributed by atoms with Crippen LogP contribution in [0.2, 0.25) is 5.02 Å². The first-order valence-electron chi connectivity index (χ1n) is 3.74. The maximum Gasteiger partial charge on any atom is 0.119 e. The van der Waals surface area contributed by atoms with E-state index in [4.69, 9.17) is 16.7 Å². The largest absolute Gasteiger partial charge is 0.508 e. The molecule has 1 aromatic rings. The van der Waals surface area contributed by atoms with Crippen molar-refractivity contribution in [1.29, 1.82) is 0 Å². The molecule has 1 rings (SSSR count).